The summed E-state index contributed by atoms with van der Waals surface area (Å²) in [5.74, 6) is -0.629. The van der Waals surface area contributed by atoms with Crippen molar-refractivity contribution in [2.75, 3.05) is 5.32 Å². The maximum Gasteiger partial charge on any atom is 0.501 e. The molecule has 0 bridgehead atoms. The first-order valence-corrected chi connectivity index (χ1v) is 9.57. The van der Waals surface area contributed by atoms with Crippen LogP contribution in [0.1, 0.15) is 19.3 Å². The smallest absolute Gasteiger partial charge is 0.381 e. The Labute approximate surface area is 148 Å². The van der Waals surface area contributed by atoms with Crippen LogP contribution in [0.5, 0.6) is 0 Å². The van der Waals surface area contributed by atoms with E-state index in [0.29, 0.717) is 19.3 Å². The number of fused-ring (bicyclic) bond motifs is 1. The summed E-state index contributed by atoms with van der Waals surface area (Å²) in [5, 5.41) is 2.91. The molecule has 1 aromatic rings. The molecule has 1 saturated carbocycles. The van der Waals surface area contributed by atoms with Gasteiger partial charge in [0.1, 0.15) is 6.04 Å². The molecule has 144 valence electrons. The minimum atomic E-state index is -5.46. The van der Waals surface area contributed by atoms with Gasteiger partial charge in [-0.15, -0.1) is 0 Å². The number of carbonyl (C=O) groups excluding carboxylic acids is 1. The van der Waals surface area contributed by atoms with Crippen molar-refractivity contribution in [3.63, 3.8) is 0 Å². The molecule has 7 nitrogen and oxygen atoms in total. The molecule has 26 heavy (non-hydrogen) atoms. The summed E-state index contributed by atoms with van der Waals surface area (Å²) in [7, 11) is -5.46. The second-order valence-corrected chi connectivity index (χ2v) is 8.45. The number of para-hydroxylation sites is 1. The lowest BCUT2D eigenvalue weighted by Crippen LogP contribution is -2.44. The molecule has 11 heteroatoms. The average Bonchev–Trinajstić information content (AvgIpc) is 2.97. The zero-order chi connectivity index (χ0) is 19.1. The monoisotopic (exact) mass is 392 g/mol. The number of benzene rings is 1. The molecule has 2 fully saturated rings. The van der Waals surface area contributed by atoms with E-state index in [1.807, 2.05) is 0 Å². The average molecular weight is 392 g/mol. The number of anilines is 1. The van der Waals surface area contributed by atoms with Crippen LogP contribution in [0.4, 0.5) is 18.9 Å². The van der Waals surface area contributed by atoms with E-state index in [1.165, 1.54) is 18.2 Å². The molecule has 4 unspecified atom stereocenters. The van der Waals surface area contributed by atoms with Gasteiger partial charge in [0.15, 0.2) is 0 Å². The molecular weight excluding hydrogens is 373 g/mol. The van der Waals surface area contributed by atoms with Gasteiger partial charge in [0.2, 0.25) is 5.91 Å². The van der Waals surface area contributed by atoms with Gasteiger partial charge in [-0.25, -0.2) is 13.8 Å². The number of alkyl halides is 3. The molecule has 0 aromatic heterocycles. The van der Waals surface area contributed by atoms with Crippen LogP contribution in [0.2, 0.25) is 0 Å². The second kappa shape index (κ2) is 6.71. The molecule has 0 spiro atoms. The van der Waals surface area contributed by atoms with Crippen molar-refractivity contribution in [3.05, 3.63) is 24.3 Å². The first-order valence-electron chi connectivity index (χ1n) is 8.08. The molecule has 3 rings (SSSR count). The number of rotatable bonds is 4. The highest BCUT2D eigenvalue weighted by molar-refractivity contribution is 7.92. The maximum absolute atomic E-state index is 12.9. The molecule has 0 radical (unpaired) electrons. The van der Waals surface area contributed by atoms with Gasteiger partial charge >= 0.3 is 5.51 Å². The first kappa shape index (κ1) is 18.9. The Kier molecular flexibility index (Phi) is 4.88. The van der Waals surface area contributed by atoms with Gasteiger partial charge in [-0.3, -0.25) is 10.2 Å². The van der Waals surface area contributed by atoms with E-state index in [9.17, 15) is 26.4 Å². The van der Waals surface area contributed by atoms with Crippen molar-refractivity contribution >= 4 is 21.4 Å². The number of halogens is 3. The van der Waals surface area contributed by atoms with Crippen molar-refractivity contribution in [2.45, 2.75) is 47.8 Å². The van der Waals surface area contributed by atoms with Crippen molar-refractivity contribution in [1.82, 2.24) is 10.9 Å². The summed E-state index contributed by atoms with van der Waals surface area (Å²) in [6.07, 6.45) is 1.76. The number of primary amides is 1. The SMILES string of the molecule is NC(=O)C1NNC2CCC(Nc3ccccc3S(=O)(=O)C(F)(F)F)CC21. The molecule has 1 aromatic carbocycles. The van der Waals surface area contributed by atoms with Crippen LogP contribution in [0, 0.1) is 5.92 Å². The van der Waals surface area contributed by atoms with Crippen molar-refractivity contribution in [1.29, 1.82) is 0 Å². The Morgan fingerprint density at radius 1 is 1.19 bits per heavy atom. The van der Waals surface area contributed by atoms with Crippen LogP contribution in [-0.4, -0.2) is 38.0 Å². The van der Waals surface area contributed by atoms with Gasteiger partial charge in [0.05, 0.1) is 10.6 Å². The third-order valence-electron chi connectivity index (χ3n) is 4.90. The number of hydrogen-bond donors (Lipinski definition) is 4. The Balaban J connectivity index is 1.81. The van der Waals surface area contributed by atoms with Gasteiger partial charge < -0.3 is 11.1 Å². The number of nitrogens with two attached hydrogens (primary N) is 1. The lowest BCUT2D eigenvalue weighted by atomic mass is 9.79. The summed E-state index contributed by atoms with van der Waals surface area (Å²) >= 11 is 0. The van der Waals surface area contributed by atoms with Crippen LogP contribution in [0.25, 0.3) is 0 Å². The summed E-state index contributed by atoms with van der Waals surface area (Å²) < 4.78 is 62.3. The summed E-state index contributed by atoms with van der Waals surface area (Å²) in [4.78, 5) is 10.7. The summed E-state index contributed by atoms with van der Waals surface area (Å²) in [5.41, 5.74) is 5.74. The maximum atomic E-state index is 12.9. The van der Waals surface area contributed by atoms with Gasteiger partial charge in [0.25, 0.3) is 9.84 Å². The van der Waals surface area contributed by atoms with Gasteiger partial charge in [-0.2, -0.15) is 13.2 Å². The Morgan fingerprint density at radius 2 is 1.88 bits per heavy atom. The highest BCUT2D eigenvalue weighted by atomic mass is 32.2. The van der Waals surface area contributed by atoms with E-state index in [1.54, 1.807) is 0 Å². The van der Waals surface area contributed by atoms with Crippen molar-refractivity contribution in [3.8, 4) is 0 Å². The fraction of sp³-hybridized carbons (Fsp3) is 0.533. The first-order chi connectivity index (χ1) is 12.1. The quantitative estimate of drug-likeness (QED) is 0.605. The highest BCUT2D eigenvalue weighted by Crippen LogP contribution is 2.37. The Morgan fingerprint density at radius 3 is 2.54 bits per heavy atom. The topological polar surface area (TPSA) is 113 Å². The van der Waals surface area contributed by atoms with Crippen LogP contribution in [-0.2, 0) is 14.6 Å². The zero-order valence-electron chi connectivity index (χ0n) is 13.6. The second-order valence-electron chi connectivity index (χ2n) is 6.54. The summed E-state index contributed by atoms with van der Waals surface area (Å²) in [6.45, 7) is 0. The van der Waals surface area contributed by atoms with Gasteiger partial charge in [-0.1, -0.05) is 12.1 Å². The molecule has 1 heterocycles. The van der Waals surface area contributed by atoms with Gasteiger partial charge in [0, 0.05) is 18.0 Å². The molecule has 1 saturated heterocycles. The summed E-state index contributed by atoms with van der Waals surface area (Å²) in [6, 6.07) is 4.15. The zero-order valence-corrected chi connectivity index (χ0v) is 14.4. The van der Waals surface area contributed by atoms with E-state index >= 15 is 0 Å². The van der Waals surface area contributed by atoms with Crippen LogP contribution in [0.3, 0.4) is 0 Å². The molecule has 2 aliphatic rings. The third kappa shape index (κ3) is 3.38. The van der Waals surface area contributed by atoms with E-state index in [2.05, 4.69) is 16.2 Å². The minimum absolute atomic E-state index is 0.0414. The van der Waals surface area contributed by atoms with Crippen molar-refractivity contribution < 1.29 is 26.4 Å². The molecule has 1 aliphatic carbocycles. The van der Waals surface area contributed by atoms with E-state index < -0.39 is 32.2 Å². The fourth-order valence-corrected chi connectivity index (χ4v) is 4.56. The number of nitrogens with one attached hydrogen (secondary N) is 3. The van der Waals surface area contributed by atoms with E-state index in [0.717, 1.165) is 6.07 Å². The molecule has 5 N–H and O–H groups in total. The van der Waals surface area contributed by atoms with E-state index in [-0.39, 0.29) is 23.7 Å². The number of amides is 1. The third-order valence-corrected chi connectivity index (χ3v) is 6.44. The Bertz CT molecular complexity index is 800. The number of hydrazine groups is 1. The predicted octanol–water partition coefficient (Wildman–Crippen LogP) is 0.891. The number of carbonyl (C=O) groups is 1. The van der Waals surface area contributed by atoms with Gasteiger partial charge in [-0.05, 0) is 31.4 Å². The largest absolute Gasteiger partial charge is 0.501 e. The Hall–Kier alpha value is -1.85. The predicted molar refractivity (Wildman–Crippen MR) is 87.5 cm³/mol. The van der Waals surface area contributed by atoms with Crippen molar-refractivity contribution in [2.24, 2.45) is 11.7 Å². The fourth-order valence-electron chi connectivity index (χ4n) is 3.63. The number of hydrogen-bond acceptors (Lipinski definition) is 6. The standard InChI is InChI=1S/C15H19F3N4O3S/c16-15(17,18)26(24,25)12-4-2-1-3-11(12)20-8-5-6-10-9(7-8)13(14(19)23)22-21-10/h1-4,8-10,13,20-22H,5-7H2,(H2,19,23). The minimum Gasteiger partial charge on any atom is -0.381 e. The van der Waals surface area contributed by atoms with Crippen LogP contribution in [0.15, 0.2) is 29.2 Å². The normalized spacial score (nSPS) is 29.2. The molecular formula is C15H19F3N4O3S. The molecule has 1 aliphatic heterocycles. The highest BCUT2D eigenvalue weighted by Gasteiger charge is 2.48. The van der Waals surface area contributed by atoms with E-state index in [4.69, 9.17) is 5.73 Å². The lowest BCUT2D eigenvalue weighted by molar-refractivity contribution is -0.120. The van der Waals surface area contributed by atoms with Crippen LogP contribution >= 0.6 is 0 Å². The van der Waals surface area contributed by atoms with Crippen LogP contribution < -0.4 is 21.9 Å². The molecule has 4 atom stereocenters. The molecule has 1 amide bonds. The number of sulfone groups is 1. The lowest BCUT2D eigenvalue weighted by Gasteiger charge is -2.33.